The van der Waals surface area contributed by atoms with Crippen molar-refractivity contribution in [3.05, 3.63) is 46.2 Å². The summed E-state index contributed by atoms with van der Waals surface area (Å²) in [5.74, 6) is -0.323. The summed E-state index contributed by atoms with van der Waals surface area (Å²) >= 11 is 2.37. The summed E-state index contributed by atoms with van der Waals surface area (Å²) in [6.45, 7) is 6.65. The smallest absolute Gasteiger partial charge is 0.316 e. The number of aliphatic imine (C=N–C) groups is 1. The average molecular weight is 408 g/mol. The fourth-order valence-corrected chi connectivity index (χ4v) is 3.68. The Morgan fingerprint density at radius 2 is 2.22 bits per heavy atom. The van der Waals surface area contributed by atoms with E-state index in [0.29, 0.717) is 15.7 Å². The van der Waals surface area contributed by atoms with Crippen LogP contribution in [0, 0.1) is 10.1 Å². The van der Waals surface area contributed by atoms with Crippen molar-refractivity contribution in [2.45, 2.75) is 13.8 Å². The summed E-state index contributed by atoms with van der Waals surface area (Å²) in [6, 6.07) is 2.67. The molecule has 0 saturated heterocycles. The number of hydrogen-bond acceptors (Lipinski definition) is 9. The predicted octanol–water partition coefficient (Wildman–Crippen LogP) is 3.81. The highest BCUT2D eigenvalue weighted by molar-refractivity contribution is 8.45. The van der Waals surface area contributed by atoms with E-state index in [-0.39, 0.29) is 28.9 Å². The minimum atomic E-state index is -0.707. The summed E-state index contributed by atoms with van der Waals surface area (Å²) in [6.07, 6.45) is 3.13. The van der Waals surface area contributed by atoms with Crippen LogP contribution in [-0.4, -0.2) is 32.7 Å². The maximum atomic E-state index is 12.1. The van der Waals surface area contributed by atoms with Gasteiger partial charge in [0.25, 0.3) is 0 Å². The maximum absolute atomic E-state index is 12.1. The van der Waals surface area contributed by atoms with Crippen LogP contribution in [0.3, 0.4) is 0 Å². The van der Waals surface area contributed by atoms with Gasteiger partial charge in [0, 0.05) is 18.7 Å². The quantitative estimate of drug-likeness (QED) is 0.167. The van der Waals surface area contributed by atoms with E-state index in [0.717, 1.165) is 18.7 Å². The van der Waals surface area contributed by atoms with Gasteiger partial charge in [0.15, 0.2) is 5.75 Å². The monoisotopic (exact) mass is 408 g/mol. The molecule has 2 rings (SSSR count). The van der Waals surface area contributed by atoms with Crippen LogP contribution in [0.4, 0.5) is 5.69 Å². The van der Waals surface area contributed by atoms with Crippen molar-refractivity contribution in [2.24, 2.45) is 4.99 Å². The largest absolute Gasteiger partial charge is 0.490 e. The van der Waals surface area contributed by atoms with Gasteiger partial charge in [0.1, 0.15) is 10.1 Å². The van der Waals surface area contributed by atoms with Crippen LogP contribution in [0.15, 0.2) is 35.5 Å². The Hall–Kier alpha value is -2.59. The lowest BCUT2D eigenvalue weighted by atomic mass is 10.1. The fourth-order valence-electron chi connectivity index (χ4n) is 2.08. The molecule has 1 heterocycles. The lowest BCUT2D eigenvalue weighted by Crippen LogP contribution is -2.07. The zero-order valence-electron chi connectivity index (χ0n) is 14.6. The van der Waals surface area contributed by atoms with E-state index in [2.05, 4.69) is 11.6 Å². The second-order valence-corrected chi connectivity index (χ2v) is 7.28. The van der Waals surface area contributed by atoms with E-state index in [4.69, 9.17) is 9.47 Å². The number of ether oxygens (including phenoxy) is 2. The van der Waals surface area contributed by atoms with E-state index in [9.17, 15) is 19.7 Å². The Morgan fingerprint density at radius 1 is 1.48 bits per heavy atom. The molecule has 1 aromatic carbocycles. The van der Waals surface area contributed by atoms with Gasteiger partial charge in [-0.15, -0.1) is 6.58 Å². The van der Waals surface area contributed by atoms with Gasteiger partial charge < -0.3 is 9.47 Å². The molecular formula is C17H16N2O6S2. The second-order valence-electron chi connectivity index (χ2n) is 5.05. The lowest BCUT2D eigenvalue weighted by molar-refractivity contribution is -0.385. The molecule has 0 spiro atoms. The number of hydrogen-bond donors (Lipinski definition) is 0. The third-order valence-corrected chi connectivity index (χ3v) is 5.03. The topological polar surface area (TPSA) is 108 Å². The van der Waals surface area contributed by atoms with E-state index in [1.54, 1.807) is 13.0 Å². The number of nitrogens with zero attached hydrogens (tertiary/aromatic N) is 2. The van der Waals surface area contributed by atoms with Crippen LogP contribution < -0.4 is 9.47 Å². The first-order valence-electron chi connectivity index (χ1n) is 7.75. The van der Waals surface area contributed by atoms with Crippen molar-refractivity contribution in [3.8, 4) is 11.5 Å². The number of carbonyl (C=O) groups is 2. The molecule has 0 aromatic heterocycles. The molecule has 27 heavy (non-hydrogen) atoms. The zero-order chi connectivity index (χ0) is 20.0. The summed E-state index contributed by atoms with van der Waals surface area (Å²) in [5.41, 5.74) is 0.0682. The van der Waals surface area contributed by atoms with Gasteiger partial charge in [-0.2, -0.15) is 0 Å². The molecule has 0 bridgehead atoms. The third-order valence-electron chi connectivity index (χ3n) is 3.03. The minimum Gasteiger partial charge on any atom is -0.490 e. The molecule has 10 heteroatoms. The molecule has 8 nitrogen and oxygen atoms in total. The first kappa shape index (κ1) is 20.7. The van der Waals surface area contributed by atoms with Crippen LogP contribution in [-0.2, 0) is 9.59 Å². The highest BCUT2D eigenvalue weighted by Crippen LogP contribution is 2.40. The van der Waals surface area contributed by atoms with Crippen molar-refractivity contribution in [2.75, 3.05) is 12.4 Å². The molecule has 0 atom stereocenters. The Bertz CT molecular complexity index is 863. The predicted molar refractivity (Wildman–Crippen MR) is 106 cm³/mol. The molecule has 0 N–H and O–H groups in total. The van der Waals surface area contributed by atoms with Crippen LogP contribution in [0.5, 0.6) is 11.5 Å². The average Bonchev–Trinajstić information content (AvgIpc) is 2.94. The number of thioether (sulfide) groups is 2. The van der Waals surface area contributed by atoms with E-state index in [1.165, 1.54) is 30.0 Å². The number of carbonyl (C=O) groups excluding carboxylic acids is 2. The van der Waals surface area contributed by atoms with Crippen molar-refractivity contribution >= 4 is 50.7 Å². The van der Waals surface area contributed by atoms with Crippen molar-refractivity contribution in [1.29, 1.82) is 0 Å². The van der Waals surface area contributed by atoms with Crippen molar-refractivity contribution < 1.29 is 24.0 Å². The SMILES string of the molecule is C=CCSC1=NC(=Cc2cc(OCC)c(OC(C)=O)c([N+](=O)[O-])c2)C(=O)S1. The molecule has 0 aliphatic carbocycles. The van der Waals surface area contributed by atoms with E-state index >= 15 is 0 Å². The molecular weight excluding hydrogens is 392 g/mol. The van der Waals surface area contributed by atoms with Gasteiger partial charge in [-0.05, 0) is 36.4 Å². The van der Waals surface area contributed by atoms with Crippen LogP contribution in [0.1, 0.15) is 19.4 Å². The Balaban J connectivity index is 2.49. The minimum absolute atomic E-state index is 0.0390. The molecule has 1 aromatic rings. The van der Waals surface area contributed by atoms with Crippen LogP contribution in [0.2, 0.25) is 0 Å². The molecule has 0 radical (unpaired) electrons. The van der Waals surface area contributed by atoms with E-state index in [1.807, 2.05) is 0 Å². The van der Waals surface area contributed by atoms with Gasteiger partial charge in [0.2, 0.25) is 10.9 Å². The fraction of sp³-hybridized carbons (Fsp3) is 0.235. The summed E-state index contributed by atoms with van der Waals surface area (Å²) in [5, 5.41) is 11.2. The summed E-state index contributed by atoms with van der Waals surface area (Å²) in [4.78, 5) is 38.4. The standard InChI is InChI=1S/C17H16N2O6S2/c1-4-6-26-17-18-12(16(21)27-17)7-11-8-13(19(22)23)15(25-10(3)20)14(9-11)24-5-2/h4,7-9H,1,5-6H2,2-3H3. The Morgan fingerprint density at radius 3 is 2.81 bits per heavy atom. The molecule has 1 aliphatic rings. The van der Waals surface area contributed by atoms with Crippen molar-refractivity contribution in [1.82, 2.24) is 0 Å². The zero-order valence-corrected chi connectivity index (χ0v) is 16.2. The molecule has 0 fully saturated rings. The second kappa shape index (κ2) is 9.38. The highest BCUT2D eigenvalue weighted by atomic mass is 32.2. The van der Waals surface area contributed by atoms with Gasteiger partial charge in [-0.1, -0.05) is 17.8 Å². The first-order chi connectivity index (χ1) is 12.8. The molecule has 0 unspecified atom stereocenters. The van der Waals surface area contributed by atoms with Crippen LogP contribution >= 0.6 is 23.5 Å². The maximum Gasteiger partial charge on any atom is 0.316 e. The summed E-state index contributed by atoms with van der Waals surface area (Å²) < 4.78 is 10.9. The molecule has 0 saturated carbocycles. The lowest BCUT2D eigenvalue weighted by Gasteiger charge is -2.11. The normalized spacial score (nSPS) is 14.8. The van der Waals surface area contributed by atoms with Crippen molar-refractivity contribution in [3.63, 3.8) is 0 Å². The van der Waals surface area contributed by atoms with E-state index < -0.39 is 16.6 Å². The van der Waals surface area contributed by atoms with Gasteiger partial charge in [0.05, 0.1) is 11.5 Å². The number of nitro groups is 1. The Labute approximate surface area is 163 Å². The number of nitro benzene ring substituents is 1. The number of benzene rings is 1. The molecule has 142 valence electrons. The molecule has 1 aliphatic heterocycles. The highest BCUT2D eigenvalue weighted by Gasteiger charge is 2.26. The van der Waals surface area contributed by atoms with Gasteiger partial charge >= 0.3 is 11.7 Å². The van der Waals surface area contributed by atoms with Gasteiger partial charge in [-0.25, -0.2) is 4.99 Å². The Kier molecular flexibility index (Phi) is 7.19. The molecule has 0 amide bonds. The number of rotatable bonds is 7. The van der Waals surface area contributed by atoms with Gasteiger partial charge in [-0.3, -0.25) is 19.7 Å². The number of esters is 1. The first-order valence-corrected chi connectivity index (χ1v) is 9.55. The third kappa shape index (κ3) is 5.44. The summed E-state index contributed by atoms with van der Waals surface area (Å²) in [7, 11) is 0. The van der Waals surface area contributed by atoms with Crippen LogP contribution in [0.25, 0.3) is 6.08 Å².